The maximum atomic E-state index is 6.60. The van der Waals surface area contributed by atoms with Gasteiger partial charge >= 0.3 is 0 Å². The van der Waals surface area contributed by atoms with Crippen molar-refractivity contribution in [3.8, 4) is 16.9 Å². The van der Waals surface area contributed by atoms with Crippen LogP contribution in [0, 0.1) is 13.8 Å². The van der Waals surface area contributed by atoms with Gasteiger partial charge in [-0.3, -0.25) is 0 Å². The highest BCUT2D eigenvalue weighted by Gasteiger charge is 2.22. The van der Waals surface area contributed by atoms with Crippen LogP contribution in [0.2, 0.25) is 10.0 Å². The fourth-order valence-corrected chi connectivity index (χ4v) is 5.31. The number of anilines is 1. The molecule has 4 rings (SSSR count). The summed E-state index contributed by atoms with van der Waals surface area (Å²) in [6.07, 6.45) is 2.39. The Morgan fingerprint density at radius 1 is 1.06 bits per heavy atom. The zero-order valence-electron chi connectivity index (χ0n) is 20.6. The molecule has 0 amide bonds. The molecular weight excluding hydrogens is 471 g/mol. The van der Waals surface area contributed by atoms with Gasteiger partial charge in [0, 0.05) is 42.5 Å². The molecule has 1 fully saturated rings. The van der Waals surface area contributed by atoms with Crippen LogP contribution in [0.4, 0.5) is 5.82 Å². The second-order valence-electron chi connectivity index (χ2n) is 9.23. The number of piperidine rings is 1. The van der Waals surface area contributed by atoms with Crippen LogP contribution in [0.3, 0.4) is 0 Å². The molecular formula is C25H34Cl2N6O. The smallest absolute Gasteiger partial charge is 0.165 e. The third-order valence-electron chi connectivity index (χ3n) is 6.52. The Labute approximate surface area is 211 Å². The van der Waals surface area contributed by atoms with Crippen molar-refractivity contribution in [1.82, 2.24) is 24.8 Å². The Morgan fingerprint density at radius 3 is 2.35 bits per heavy atom. The fourth-order valence-electron chi connectivity index (χ4n) is 4.66. The van der Waals surface area contributed by atoms with E-state index in [4.69, 9.17) is 38.0 Å². The second-order valence-corrected chi connectivity index (χ2v) is 10.0. The number of hydrogen-bond donors (Lipinski definition) is 2. The molecule has 1 aliphatic rings. The van der Waals surface area contributed by atoms with Crippen LogP contribution >= 0.6 is 23.2 Å². The highest BCUT2D eigenvalue weighted by Crippen LogP contribution is 2.41. The summed E-state index contributed by atoms with van der Waals surface area (Å²) in [5.74, 6) is 1.51. The molecule has 0 aliphatic carbocycles. The number of hydrogen-bond acceptors (Lipinski definition) is 6. The predicted octanol–water partition coefficient (Wildman–Crippen LogP) is 5.20. The molecule has 184 valence electrons. The molecule has 3 heterocycles. The molecule has 7 nitrogen and oxygen atoms in total. The van der Waals surface area contributed by atoms with Crippen LogP contribution < -0.4 is 15.4 Å². The summed E-state index contributed by atoms with van der Waals surface area (Å²) >= 11 is 13.2. The molecule has 34 heavy (non-hydrogen) atoms. The quantitative estimate of drug-likeness (QED) is 0.410. The van der Waals surface area contributed by atoms with Gasteiger partial charge in [0.05, 0.1) is 28.4 Å². The Balaban J connectivity index is 1.50. The van der Waals surface area contributed by atoms with Crippen molar-refractivity contribution in [1.29, 1.82) is 0 Å². The number of benzene rings is 1. The lowest BCUT2D eigenvalue weighted by Gasteiger charge is -2.35. The molecule has 0 spiro atoms. The van der Waals surface area contributed by atoms with E-state index in [0.29, 0.717) is 27.9 Å². The molecule has 0 saturated carbocycles. The van der Waals surface area contributed by atoms with Crippen molar-refractivity contribution < 1.29 is 4.74 Å². The zero-order chi connectivity index (χ0) is 24.4. The summed E-state index contributed by atoms with van der Waals surface area (Å²) in [7, 11) is 1.59. The van der Waals surface area contributed by atoms with E-state index in [2.05, 4.69) is 29.4 Å². The zero-order valence-corrected chi connectivity index (χ0v) is 22.1. The van der Waals surface area contributed by atoms with Gasteiger partial charge in [-0.25, -0.2) is 4.98 Å². The Hall–Kier alpha value is -2.06. The number of halogens is 2. The Bertz CT molecular complexity index is 1130. The summed E-state index contributed by atoms with van der Waals surface area (Å²) in [6, 6.07) is 6.75. The van der Waals surface area contributed by atoms with Gasteiger partial charge in [0.15, 0.2) is 5.65 Å². The molecule has 0 radical (unpaired) electrons. The number of ether oxygens (including phenoxy) is 1. The van der Waals surface area contributed by atoms with Gasteiger partial charge in [0.1, 0.15) is 11.6 Å². The monoisotopic (exact) mass is 504 g/mol. The number of aromatic nitrogens is 3. The third-order valence-corrected chi connectivity index (χ3v) is 7.11. The topological polar surface area (TPSA) is 66.7 Å². The number of fused-ring (bicyclic) bond motifs is 1. The average molecular weight is 505 g/mol. The first-order chi connectivity index (χ1) is 16.3. The minimum Gasteiger partial charge on any atom is -0.497 e. The maximum Gasteiger partial charge on any atom is 0.165 e. The molecule has 1 saturated heterocycles. The molecule has 9 heteroatoms. The van der Waals surface area contributed by atoms with Crippen molar-refractivity contribution >= 4 is 34.7 Å². The predicted molar refractivity (Wildman–Crippen MR) is 141 cm³/mol. The van der Waals surface area contributed by atoms with Crippen molar-refractivity contribution in [2.24, 2.45) is 0 Å². The third kappa shape index (κ3) is 5.28. The van der Waals surface area contributed by atoms with E-state index < -0.39 is 0 Å². The van der Waals surface area contributed by atoms with E-state index in [1.54, 1.807) is 19.2 Å². The first kappa shape index (κ1) is 25.0. The van der Waals surface area contributed by atoms with E-state index >= 15 is 0 Å². The van der Waals surface area contributed by atoms with E-state index in [1.165, 1.54) is 25.9 Å². The highest BCUT2D eigenvalue weighted by molar-refractivity contribution is 6.39. The van der Waals surface area contributed by atoms with E-state index in [-0.39, 0.29) is 0 Å². The van der Waals surface area contributed by atoms with E-state index in [0.717, 1.165) is 47.1 Å². The summed E-state index contributed by atoms with van der Waals surface area (Å²) in [5, 5.41) is 13.0. The first-order valence-corrected chi connectivity index (χ1v) is 12.7. The molecule has 3 aromatic rings. The summed E-state index contributed by atoms with van der Waals surface area (Å²) in [4.78, 5) is 7.32. The van der Waals surface area contributed by atoms with Crippen molar-refractivity contribution in [3.05, 3.63) is 39.6 Å². The van der Waals surface area contributed by atoms with Crippen molar-refractivity contribution in [2.45, 2.75) is 52.6 Å². The Kier molecular flexibility index (Phi) is 7.87. The normalized spacial score (nSPS) is 15.4. The number of methoxy groups -OCH3 is 1. The van der Waals surface area contributed by atoms with Gasteiger partial charge in [-0.15, -0.1) is 0 Å². The second kappa shape index (κ2) is 10.7. The van der Waals surface area contributed by atoms with Gasteiger partial charge in [0.2, 0.25) is 0 Å². The van der Waals surface area contributed by atoms with Crippen LogP contribution in [-0.2, 0) is 0 Å². The van der Waals surface area contributed by atoms with Crippen LogP contribution in [0.15, 0.2) is 18.2 Å². The van der Waals surface area contributed by atoms with Crippen molar-refractivity contribution in [2.75, 3.05) is 38.6 Å². The highest BCUT2D eigenvalue weighted by atomic mass is 35.5. The molecule has 1 aliphatic heterocycles. The lowest BCUT2D eigenvalue weighted by Crippen LogP contribution is -2.45. The molecule has 2 aromatic heterocycles. The SMILES string of the molecule is COc1cc(Cl)c(-c2c(C)nn3c(NCCNC4CCN(C(C)C)CC4)cc(C)nc23)c(Cl)c1. The average Bonchev–Trinajstić information content (AvgIpc) is 3.12. The lowest BCUT2D eigenvalue weighted by molar-refractivity contribution is 0.162. The van der Waals surface area contributed by atoms with E-state index in [9.17, 15) is 0 Å². The minimum atomic E-state index is 0.507. The standard InChI is InChI=1S/C25H34Cl2N6O/c1-15(2)32-10-6-18(7-11-32)28-8-9-29-22-12-16(3)30-25-23(17(4)31-33(22)25)24-20(26)13-19(34-5)14-21(24)27/h12-15,18,28-29H,6-11H2,1-5H3. The fraction of sp³-hybridized carbons (Fsp3) is 0.520. The molecule has 0 unspecified atom stereocenters. The largest absolute Gasteiger partial charge is 0.497 e. The summed E-state index contributed by atoms with van der Waals surface area (Å²) < 4.78 is 7.14. The number of rotatable bonds is 8. The minimum absolute atomic E-state index is 0.507. The van der Waals surface area contributed by atoms with Gasteiger partial charge < -0.3 is 20.3 Å². The van der Waals surface area contributed by atoms with Crippen LogP contribution in [0.5, 0.6) is 5.75 Å². The van der Waals surface area contributed by atoms with Crippen LogP contribution in [0.1, 0.15) is 38.1 Å². The molecule has 0 bridgehead atoms. The maximum absolute atomic E-state index is 6.60. The summed E-state index contributed by atoms with van der Waals surface area (Å²) in [6.45, 7) is 12.5. The molecule has 0 atom stereocenters. The lowest BCUT2D eigenvalue weighted by atomic mass is 10.0. The number of nitrogens with zero attached hydrogens (tertiary/aromatic N) is 4. The van der Waals surface area contributed by atoms with E-state index in [1.807, 2.05) is 24.4 Å². The van der Waals surface area contributed by atoms with Gasteiger partial charge in [-0.2, -0.15) is 9.61 Å². The first-order valence-electron chi connectivity index (χ1n) is 11.9. The number of nitrogens with one attached hydrogen (secondary N) is 2. The van der Waals surface area contributed by atoms with Crippen molar-refractivity contribution in [3.63, 3.8) is 0 Å². The van der Waals surface area contributed by atoms with Gasteiger partial charge in [-0.1, -0.05) is 23.2 Å². The van der Waals surface area contributed by atoms with Crippen LogP contribution in [0.25, 0.3) is 16.8 Å². The van der Waals surface area contributed by atoms with Gasteiger partial charge in [0.25, 0.3) is 0 Å². The summed E-state index contributed by atoms with van der Waals surface area (Å²) in [5.41, 5.74) is 3.98. The number of aryl methyl sites for hydroxylation is 2. The Morgan fingerprint density at radius 2 is 1.74 bits per heavy atom. The van der Waals surface area contributed by atoms with Gasteiger partial charge in [-0.05, 0) is 65.8 Å². The van der Waals surface area contributed by atoms with Crippen LogP contribution in [-0.4, -0.2) is 64.9 Å². The molecule has 2 N–H and O–H groups in total. The number of likely N-dealkylation sites (tertiary alicyclic amines) is 1. The molecule has 1 aromatic carbocycles.